The number of methoxy groups -OCH3 is 1. The fourth-order valence-electron chi connectivity index (χ4n) is 4.50. The third-order valence-corrected chi connectivity index (χ3v) is 6.37. The van der Waals surface area contributed by atoms with Gasteiger partial charge >= 0.3 is 0 Å². The molecule has 1 aromatic heterocycles. The van der Waals surface area contributed by atoms with Crippen molar-refractivity contribution in [1.29, 1.82) is 0 Å². The van der Waals surface area contributed by atoms with Gasteiger partial charge in [0, 0.05) is 43.4 Å². The number of nitrogens with zero attached hydrogens (tertiary/aromatic N) is 4. The minimum atomic E-state index is -0.131. The Morgan fingerprint density at radius 2 is 1.70 bits per heavy atom. The molecule has 3 aromatic carbocycles. The standard InChI is InChI=1S/C29H29N5O3/c1-37-27-10-4-7-24(15-27)18-33(17-22-5-2-8-25(13-22)32-12-11-30-21-32)26-9-3-6-23(14-26)19-34-20-28(35)31-16-29(34)36/h2-15,21H,16-20H2,1H3,(H,31,35). The summed E-state index contributed by atoms with van der Waals surface area (Å²) in [5.74, 6) is 0.609. The van der Waals surface area contributed by atoms with Crippen LogP contribution in [0.4, 0.5) is 5.69 Å². The Labute approximate surface area is 216 Å². The van der Waals surface area contributed by atoms with E-state index in [2.05, 4.69) is 57.7 Å². The molecule has 1 fully saturated rings. The lowest BCUT2D eigenvalue weighted by atomic mass is 10.1. The van der Waals surface area contributed by atoms with Crippen molar-refractivity contribution in [3.05, 3.63) is 108 Å². The molecule has 8 heteroatoms. The lowest BCUT2D eigenvalue weighted by molar-refractivity contribution is -0.141. The first kappa shape index (κ1) is 24.1. The second-order valence-corrected chi connectivity index (χ2v) is 9.04. The Balaban J connectivity index is 1.43. The number of nitrogens with one attached hydrogen (secondary N) is 1. The highest BCUT2D eigenvalue weighted by Gasteiger charge is 2.23. The van der Waals surface area contributed by atoms with Crippen LogP contribution < -0.4 is 15.0 Å². The summed E-state index contributed by atoms with van der Waals surface area (Å²) in [7, 11) is 1.67. The number of hydrogen-bond donors (Lipinski definition) is 1. The monoisotopic (exact) mass is 495 g/mol. The van der Waals surface area contributed by atoms with Crippen LogP contribution in [0.2, 0.25) is 0 Å². The van der Waals surface area contributed by atoms with Crippen molar-refractivity contribution in [2.24, 2.45) is 0 Å². The first-order valence-electron chi connectivity index (χ1n) is 12.2. The molecule has 0 atom stereocenters. The number of carbonyl (C=O) groups is 2. The fourth-order valence-corrected chi connectivity index (χ4v) is 4.50. The predicted molar refractivity (Wildman–Crippen MR) is 141 cm³/mol. The highest BCUT2D eigenvalue weighted by molar-refractivity contribution is 5.92. The zero-order valence-electron chi connectivity index (χ0n) is 20.7. The Bertz CT molecular complexity index is 1390. The second-order valence-electron chi connectivity index (χ2n) is 9.04. The lowest BCUT2D eigenvalue weighted by Crippen LogP contribution is -2.51. The van der Waals surface area contributed by atoms with E-state index < -0.39 is 0 Å². The van der Waals surface area contributed by atoms with E-state index in [4.69, 9.17) is 4.74 Å². The number of rotatable bonds is 9. The molecule has 1 aliphatic heterocycles. The van der Waals surface area contributed by atoms with Gasteiger partial charge in [-0.25, -0.2) is 4.98 Å². The van der Waals surface area contributed by atoms with Crippen molar-refractivity contribution in [2.45, 2.75) is 19.6 Å². The fraction of sp³-hybridized carbons (Fsp3) is 0.207. The number of anilines is 1. The maximum absolute atomic E-state index is 12.3. The van der Waals surface area contributed by atoms with Crippen LogP contribution in [0.5, 0.6) is 5.75 Å². The third-order valence-electron chi connectivity index (χ3n) is 6.37. The molecule has 2 heterocycles. The summed E-state index contributed by atoms with van der Waals surface area (Å²) < 4.78 is 7.43. The van der Waals surface area contributed by atoms with Gasteiger partial charge in [0.25, 0.3) is 0 Å². The molecular formula is C29H29N5O3. The first-order chi connectivity index (χ1) is 18.1. The molecule has 1 saturated heterocycles. The Hall–Kier alpha value is -4.59. The Morgan fingerprint density at radius 3 is 2.49 bits per heavy atom. The SMILES string of the molecule is COc1cccc(CN(Cc2cccc(-n3ccnc3)c2)c2cccc(CN3CC(=O)NCC3=O)c2)c1. The minimum Gasteiger partial charge on any atom is -0.497 e. The van der Waals surface area contributed by atoms with Crippen molar-refractivity contribution in [2.75, 3.05) is 25.1 Å². The maximum atomic E-state index is 12.3. The molecule has 0 saturated carbocycles. The van der Waals surface area contributed by atoms with Crippen molar-refractivity contribution in [3.63, 3.8) is 0 Å². The van der Waals surface area contributed by atoms with Crippen molar-refractivity contribution >= 4 is 17.5 Å². The van der Waals surface area contributed by atoms with E-state index in [0.717, 1.165) is 33.8 Å². The zero-order valence-corrected chi connectivity index (χ0v) is 20.7. The summed E-state index contributed by atoms with van der Waals surface area (Å²) in [6.45, 7) is 1.86. The number of aromatic nitrogens is 2. The van der Waals surface area contributed by atoms with Gasteiger partial charge in [-0.2, -0.15) is 0 Å². The number of amides is 2. The minimum absolute atomic E-state index is 0.0493. The van der Waals surface area contributed by atoms with Crippen LogP contribution in [-0.2, 0) is 29.2 Å². The molecule has 1 N–H and O–H groups in total. The van der Waals surface area contributed by atoms with Gasteiger partial charge in [0.05, 0.1) is 26.5 Å². The number of piperazine rings is 1. The summed E-state index contributed by atoms with van der Waals surface area (Å²) >= 11 is 0. The van der Waals surface area contributed by atoms with Crippen LogP contribution in [0.1, 0.15) is 16.7 Å². The van der Waals surface area contributed by atoms with Crippen LogP contribution in [0.3, 0.4) is 0 Å². The van der Waals surface area contributed by atoms with Gasteiger partial charge in [0.2, 0.25) is 11.8 Å². The van der Waals surface area contributed by atoms with Crippen LogP contribution in [0.25, 0.3) is 5.69 Å². The van der Waals surface area contributed by atoms with Crippen molar-refractivity contribution in [1.82, 2.24) is 19.8 Å². The van der Waals surface area contributed by atoms with Gasteiger partial charge in [-0.15, -0.1) is 0 Å². The normalized spacial score (nSPS) is 13.4. The average Bonchev–Trinajstić information content (AvgIpc) is 3.46. The van der Waals surface area contributed by atoms with Gasteiger partial charge in [0.1, 0.15) is 5.75 Å². The molecule has 5 rings (SSSR count). The van der Waals surface area contributed by atoms with Gasteiger partial charge in [-0.1, -0.05) is 36.4 Å². The molecule has 1 aliphatic rings. The quantitative estimate of drug-likeness (QED) is 0.384. The number of imidazole rings is 1. The molecule has 0 bridgehead atoms. The first-order valence-corrected chi connectivity index (χ1v) is 12.2. The summed E-state index contributed by atoms with van der Waals surface area (Å²) in [4.78, 5) is 32.2. The second kappa shape index (κ2) is 11.0. The van der Waals surface area contributed by atoms with Crippen molar-refractivity contribution in [3.8, 4) is 11.4 Å². The molecule has 4 aromatic rings. The molecule has 0 spiro atoms. The number of ether oxygens (including phenoxy) is 1. The molecule has 188 valence electrons. The van der Waals surface area contributed by atoms with Crippen LogP contribution in [0.15, 0.2) is 91.5 Å². The van der Waals surface area contributed by atoms with E-state index in [-0.39, 0.29) is 24.9 Å². The molecule has 2 amide bonds. The van der Waals surface area contributed by atoms with E-state index in [1.54, 1.807) is 24.5 Å². The summed E-state index contributed by atoms with van der Waals surface area (Å²) in [5.41, 5.74) is 5.33. The lowest BCUT2D eigenvalue weighted by Gasteiger charge is -2.28. The molecule has 0 radical (unpaired) electrons. The van der Waals surface area contributed by atoms with E-state index in [9.17, 15) is 9.59 Å². The zero-order chi connectivity index (χ0) is 25.6. The largest absolute Gasteiger partial charge is 0.497 e. The highest BCUT2D eigenvalue weighted by atomic mass is 16.5. The van der Waals surface area contributed by atoms with Crippen LogP contribution in [-0.4, -0.2) is 46.5 Å². The van der Waals surface area contributed by atoms with E-state index in [1.807, 2.05) is 41.1 Å². The van der Waals surface area contributed by atoms with Gasteiger partial charge in [-0.3, -0.25) is 9.59 Å². The molecule has 8 nitrogen and oxygen atoms in total. The van der Waals surface area contributed by atoms with Crippen molar-refractivity contribution < 1.29 is 14.3 Å². The summed E-state index contributed by atoms with van der Waals surface area (Å²) in [6, 6.07) is 24.6. The van der Waals surface area contributed by atoms with Crippen LogP contribution in [0, 0.1) is 0 Å². The molecule has 37 heavy (non-hydrogen) atoms. The number of hydrogen-bond acceptors (Lipinski definition) is 5. The van der Waals surface area contributed by atoms with E-state index >= 15 is 0 Å². The summed E-state index contributed by atoms with van der Waals surface area (Å²) in [6.07, 6.45) is 5.49. The molecule has 0 aliphatic carbocycles. The Morgan fingerprint density at radius 1 is 0.946 bits per heavy atom. The van der Waals surface area contributed by atoms with Gasteiger partial charge in [-0.05, 0) is 53.1 Å². The summed E-state index contributed by atoms with van der Waals surface area (Å²) in [5, 5.41) is 2.60. The van der Waals surface area contributed by atoms with E-state index in [0.29, 0.717) is 19.6 Å². The average molecular weight is 496 g/mol. The molecule has 0 unspecified atom stereocenters. The number of benzene rings is 3. The predicted octanol–water partition coefficient (Wildman–Crippen LogP) is 3.55. The molecular weight excluding hydrogens is 466 g/mol. The smallest absolute Gasteiger partial charge is 0.242 e. The third kappa shape index (κ3) is 5.98. The van der Waals surface area contributed by atoms with Gasteiger partial charge in [0.15, 0.2) is 0 Å². The highest BCUT2D eigenvalue weighted by Crippen LogP contribution is 2.25. The van der Waals surface area contributed by atoms with E-state index in [1.165, 1.54) is 0 Å². The Kier molecular flexibility index (Phi) is 7.16. The topological polar surface area (TPSA) is 79.7 Å². The number of carbonyl (C=O) groups excluding carboxylic acids is 2. The van der Waals surface area contributed by atoms with Gasteiger partial charge < -0.3 is 24.4 Å². The van der Waals surface area contributed by atoms with Crippen LogP contribution >= 0.6 is 0 Å². The maximum Gasteiger partial charge on any atom is 0.242 e.